The van der Waals surface area contributed by atoms with E-state index in [1.54, 1.807) is 6.20 Å². The SMILES string of the molecule is O=C(O)c1cnc(NCc2nccs2)c(Cl)c1. The van der Waals surface area contributed by atoms with Gasteiger partial charge in [0.15, 0.2) is 0 Å². The topological polar surface area (TPSA) is 75.1 Å². The molecule has 88 valence electrons. The summed E-state index contributed by atoms with van der Waals surface area (Å²) in [6.45, 7) is 0.511. The summed E-state index contributed by atoms with van der Waals surface area (Å²) >= 11 is 7.43. The quantitative estimate of drug-likeness (QED) is 0.892. The van der Waals surface area contributed by atoms with Gasteiger partial charge in [-0.05, 0) is 6.07 Å². The Morgan fingerprint density at radius 2 is 2.35 bits per heavy atom. The fraction of sp³-hybridized carbons (Fsp3) is 0.100. The number of anilines is 1. The standard InChI is InChI=1S/C10H8ClN3O2S/c11-7-3-6(10(15)16)4-13-9(7)14-5-8-12-1-2-17-8/h1-4H,5H2,(H,13,14)(H,15,16). The van der Waals surface area contributed by atoms with E-state index in [0.717, 1.165) is 5.01 Å². The van der Waals surface area contributed by atoms with Crippen molar-refractivity contribution < 1.29 is 9.90 Å². The van der Waals surface area contributed by atoms with E-state index in [4.69, 9.17) is 16.7 Å². The van der Waals surface area contributed by atoms with Gasteiger partial charge in [0.05, 0.1) is 17.1 Å². The molecule has 2 aromatic rings. The zero-order valence-corrected chi connectivity index (χ0v) is 10.1. The van der Waals surface area contributed by atoms with Crippen LogP contribution in [0.1, 0.15) is 15.4 Å². The van der Waals surface area contributed by atoms with Crippen molar-refractivity contribution in [2.24, 2.45) is 0 Å². The Hall–Kier alpha value is -1.66. The molecule has 0 amide bonds. The molecule has 0 unspecified atom stereocenters. The van der Waals surface area contributed by atoms with Gasteiger partial charge in [0.2, 0.25) is 0 Å². The Balaban J connectivity index is 2.09. The Morgan fingerprint density at radius 3 is 2.94 bits per heavy atom. The lowest BCUT2D eigenvalue weighted by molar-refractivity contribution is 0.0696. The van der Waals surface area contributed by atoms with Crippen molar-refractivity contribution in [1.29, 1.82) is 0 Å². The van der Waals surface area contributed by atoms with E-state index in [9.17, 15) is 4.79 Å². The summed E-state index contributed by atoms with van der Waals surface area (Å²) < 4.78 is 0. The van der Waals surface area contributed by atoms with Crippen molar-refractivity contribution in [2.45, 2.75) is 6.54 Å². The molecule has 2 heterocycles. The molecule has 0 saturated carbocycles. The van der Waals surface area contributed by atoms with Crippen LogP contribution in [0.15, 0.2) is 23.8 Å². The van der Waals surface area contributed by atoms with E-state index in [1.165, 1.54) is 23.6 Å². The van der Waals surface area contributed by atoms with Gasteiger partial charge in [-0.25, -0.2) is 14.8 Å². The van der Waals surface area contributed by atoms with E-state index < -0.39 is 5.97 Å². The number of rotatable bonds is 4. The second-order valence-electron chi connectivity index (χ2n) is 3.14. The van der Waals surface area contributed by atoms with Crippen molar-refractivity contribution in [2.75, 3.05) is 5.32 Å². The second kappa shape index (κ2) is 5.11. The number of nitrogens with zero attached hydrogens (tertiary/aromatic N) is 2. The molecular formula is C10H8ClN3O2S. The molecule has 5 nitrogen and oxygen atoms in total. The lowest BCUT2D eigenvalue weighted by atomic mass is 10.3. The van der Waals surface area contributed by atoms with E-state index >= 15 is 0 Å². The summed E-state index contributed by atoms with van der Waals surface area (Å²) in [7, 11) is 0. The zero-order valence-electron chi connectivity index (χ0n) is 8.55. The zero-order chi connectivity index (χ0) is 12.3. The van der Waals surface area contributed by atoms with Crippen molar-refractivity contribution in [1.82, 2.24) is 9.97 Å². The lowest BCUT2D eigenvalue weighted by Crippen LogP contribution is -2.04. The summed E-state index contributed by atoms with van der Waals surface area (Å²) in [5.74, 6) is -0.599. The minimum absolute atomic E-state index is 0.0646. The molecule has 0 bridgehead atoms. The van der Waals surface area contributed by atoms with Gasteiger partial charge >= 0.3 is 5.97 Å². The van der Waals surface area contributed by atoms with Crippen LogP contribution in [0, 0.1) is 0 Å². The first kappa shape index (κ1) is 11.8. The van der Waals surface area contributed by atoms with Crippen molar-refractivity contribution >= 4 is 34.7 Å². The summed E-state index contributed by atoms with van der Waals surface area (Å²) in [6.07, 6.45) is 2.97. The van der Waals surface area contributed by atoms with Gasteiger partial charge in [0.25, 0.3) is 0 Å². The predicted octanol–water partition coefficient (Wildman–Crippen LogP) is 2.50. The first-order valence-corrected chi connectivity index (χ1v) is 5.93. The van der Waals surface area contributed by atoms with Crippen LogP contribution in [-0.4, -0.2) is 21.0 Å². The number of nitrogens with one attached hydrogen (secondary N) is 1. The number of aromatic nitrogens is 2. The highest BCUT2D eigenvalue weighted by molar-refractivity contribution is 7.09. The van der Waals surface area contributed by atoms with Gasteiger partial charge in [-0.3, -0.25) is 0 Å². The molecule has 0 aromatic carbocycles. The van der Waals surface area contributed by atoms with Crippen molar-refractivity contribution in [3.63, 3.8) is 0 Å². The molecule has 0 atom stereocenters. The first-order valence-electron chi connectivity index (χ1n) is 4.68. The number of carbonyl (C=O) groups is 1. The van der Waals surface area contributed by atoms with Crippen LogP contribution in [0.4, 0.5) is 5.82 Å². The third kappa shape index (κ3) is 2.92. The first-order chi connectivity index (χ1) is 8.16. The molecule has 0 aliphatic rings. The summed E-state index contributed by atoms with van der Waals surface area (Å²) in [5.41, 5.74) is 0.0646. The summed E-state index contributed by atoms with van der Waals surface area (Å²) in [5, 5.41) is 14.8. The van der Waals surface area contributed by atoms with E-state index in [1.807, 2.05) is 5.38 Å². The maximum absolute atomic E-state index is 10.7. The smallest absolute Gasteiger partial charge is 0.337 e. The van der Waals surface area contributed by atoms with Crippen LogP contribution in [0.25, 0.3) is 0 Å². The van der Waals surface area contributed by atoms with Gasteiger partial charge in [0.1, 0.15) is 10.8 Å². The Morgan fingerprint density at radius 1 is 1.53 bits per heavy atom. The lowest BCUT2D eigenvalue weighted by Gasteiger charge is -2.05. The van der Waals surface area contributed by atoms with Crippen molar-refractivity contribution in [3.8, 4) is 0 Å². The number of aromatic carboxylic acids is 1. The fourth-order valence-electron chi connectivity index (χ4n) is 1.18. The number of halogens is 1. The number of carboxylic acid groups (broad SMARTS) is 1. The molecule has 17 heavy (non-hydrogen) atoms. The molecule has 0 fully saturated rings. The number of hydrogen-bond acceptors (Lipinski definition) is 5. The normalized spacial score (nSPS) is 10.2. The predicted molar refractivity (Wildman–Crippen MR) is 65.6 cm³/mol. The Labute approximate surface area is 106 Å². The summed E-state index contributed by atoms with van der Waals surface area (Å²) in [6, 6.07) is 1.36. The van der Waals surface area contributed by atoms with Crippen LogP contribution < -0.4 is 5.32 Å². The average molecular weight is 270 g/mol. The maximum Gasteiger partial charge on any atom is 0.337 e. The van der Waals surface area contributed by atoms with E-state index in [2.05, 4.69) is 15.3 Å². The van der Waals surface area contributed by atoms with Crippen molar-refractivity contribution in [3.05, 3.63) is 39.4 Å². The van der Waals surface area contributed by atoms with Crippen LogP contribution in [0.3, 0.4) is 0 Å². The highest BCUT2D eigenvalue weighted by Gasteiger charge is 2.08. The largest absolute Gasteiger partial charge is 0.478 e. The minimum Gasteiger partial charge on any atom is -0.478 e. The van der Waals surface area contributed by atoms with Gasteiger partial charge in [-0.2, -0.15) is 0 Å². The summed E-state index contributed by atoms with van der Waals surface area (Å²) in [4.78, 5) is 18.7. The van der Waals surface area contributed by atoms with Crippen LogP contribution >= 0.6 is 22.9 Å². The highest BCUT2D eigenvalue weighted by Crippen LogP contribution is 2.21. The van der Waals surface area contributed by atoms with E-state index in [-0.39, 0.29) is 10.6 Å². The molecule has 2 rings (SSSR count). The Kier molecular flexibility index (Phi) is 3.55. The maximum atomic E-state index is 10.7. The molecule has 0 spiro atoms. The third-order valence-corrected chi connectivity index (χ3v) is 3.05. The number of hydrogen-bond donors (Lipinski definition) is 2. The average Bonchev–Trinajstić information content (AvgIpc) is 2.80. The number of pyridine rings is 1. The molecule has 0 saturated heterocycles. The number of thiazole rings is 1. The van der Waals surface area contributed by atoms with Gasteiger partial charge in [-0.15, -0.1) is 11.3 Å². The van der Waals surface area contributed by atoms with E-state index in [0.29, 0.717) is 12.4 Å². The third-order valence-electron chi connectivity index (χ3n) is 1.98. The number of carboxylic acids is 1. The van der Waals surface area contributed by atoms with Crippen LogP contribution in [-0.2, 0) is 6.54 Å². The molecule has 0 radical (unpaired) electrons. The molecule has 7 heteroatoms. The van der Waals surface area contributed by atoms with Gasteiger partial charge < -0.3 is 10.4 Å². The van der Waals surface area contributed by atoms with Crippen LogP contribution in [0.5, 0.6) is 0 Å². The molecular weight excluding hydrogens is 262 g/mol. The van der Waals surface area contributed by atoms with Gasteiger partial charge in [-0.1, -0.05) is 11.6 Å². The Bertz CT molecular complexity index is 530. The monoisotopic (exact) mass is 269 g/mol. The van der Waals surface area contributed by atoms with Gasteiger partial charge in [0, 0.05) is 17.8 Å². The molecule has 2 aromatic heterocycles. The minimum atomic E-state index is -1.05. The second-order valence-corrected chi connectivity index (χ2v) is 4.53. The van der Waals surface area contributed by atoms with Crippen LogP contribution in [0.2, 0.25) is 5.02 Å². The highest BCUT2D eigenvalue weighted by atomic mass is 35.5. The molecule has 0 aliphatic carbocycles. The fourth-order valence-corrected chi connectivity index (χ4v) is 1.97. The molecule has 0 aliphatic heterocycles. The molecule has 2 N–H and O–H groups in total.